The molecule has 26 heavy (non-hydrogen) atoms. The molecule has 1 N–H and O–H groups in total. The van der Waals surface area contributed by atoms with Crippen molar-refractivity contribution in [1.29, 1.82) is 0 Å². The van der Waals surface area contributed by atoms with Crippen molar-refractivity contribution >= 4 is 5.97 Å². The number of unbranched alkanes of at least 4 members (excludes halogenated alkanes) is 1. The number of alkyl halides is 2. The molecular weight excluding hydrogens is 338 g/mol. The molecule has 5 atom stereocenters. The van der Waals surface area contributed by atoms with Crippen LogP contribution in [-0.4, -0.2) is 29.2 Å². The number of aliphatic hydroxyl groups is 1. The lowest BCUT2D eigenvalue weighted by molar-refractivity contribution is -0.177. The molecular formula is C21H36F2O3. The molecule has 1 aliphatic carbocycles. The molecule has 1 aliphatic heterocycles. The quantitative estimate of drug-likeness (QED) is 0.662. The van der Waals surface area contributed by atoms with Gasteiger partial charge in [-0.2, -0.15) is 0 Å². The second-order valence-corrected chi connectivity index (χ2v) is 8.48. The minimum absolute atomic E-state index is 0.195. The lowest BCUT2D eigenvalue weighted by Gasteiger charge is -2.30. The molecule has 1 unspecified atom stereocenters. The maximum Gasteiger partial charge on any atom is 0.306 e. The Balaban J connectivity index is 2.12. The smallest absolute Gasteiger partial charge is 0.306 e. The van der Waals surface area contributed by atoms with E-state index in [1.165, 1.54) is 0 Å². The molecule has 2 fully saturated rings. The van der Waals surface area contributed by atoms with E-state index in [2.05, 4.69) is 6.92 Å². The fourth-order valence-corrected chi connectivity index (χ4v) is 4.84. The molecule has 0 spiro atoms. The third kappa shape index (κ3) is 5.90. The summed E-state index contributed by atoms with van der Waals surface area (Å²) in [5, 5.41) is 10.4. The Labute approximate surface area is 156 Å². The first kappa shape index (κ1) is 21.6. The number of carbonyl (C=O) groups is 1. The van der Waals surface area contributed by atoms with Crippen LogP contribution in [0, 0.1) is 17.8 Å². The van der Waals surface area contributed by atoms with Crippen LogP contribution in [0.25, 0.3) is 0 Å². The molecule has 2 rings (SSSR count). The van der Waals surface area contributed by atoms with Crippen molar-refractivity contribution in [3.8, 4) is 0 Å². The van der Waals surface area contributed by atoms with Crippen LogP contribution >= 0.6 is 0 Å². The van der Waals surface area contributed by atoms with Gasteiger partial charge in [0, 0.05) is 12.8 Å². The van der Waals surface area contributed by atoms with E-state index in [0.29, 0.717) is 31.6 Å². The van der Waals surface area contributed by atoms with Crippen LogP contribution < -0.4 is 0 Å². The number of fused-ring (bicyclic) bond motifs is 1. The van der Waals surface area contributed by atoms with Crippen molar-refractivity contribution in [2.45, 2.75) is 109 Å². The summed E-state index contributed by atoms with van der Waals surface area (Å²) in [4.78, 5) is 12.1. The third-order valence-corrected chi connectivity index (χ3v) is 6.43. The minimum atomic E-state index is -2.97. The summed E-state index contributed by atoms with van der Waals surface area (Å²) in [6.45, 7) is 4.00. The van der Waals surface area contributed by atoms with Crippen molar-refractivity contribution in [3.05, 3.63) is 0 Å². The van der Waals surface area contributed by atoms with Gasteiger partial charge >= 0.3 is 5.97 Å². The lowest BCUT2D eigenvalue weighted by Crippen LogP contribution is -2.38. The van der Waals surface area contributed by atoms with Gasteiger partial charge in [0.25, 0.3) is 5.92 Å². The van der Waals surface area contributed by atoms with E-state index < -0.39 is 18.0 Å². The van der Waals surface area contributed by atoms with Gasteiger partial charge in [0.2, 0.25) is 0 Å². The number of halogens is 2. The zero-order valence-corrected chi connectivity index (χ0v) is 16.4. The number of hydrogen-bond donors (Lipinski definition) is 1. The molecule has 0 aromatic carbocycles. The number of esters is 1. The maximum absolute atomic E-state index is 14.7. The van der Waals surface area contributed by atoms with E-state index in [1.807, 2.05) is 6.92 Å². The number of hydrogen-bond acceptors (Lipinski definition) is 3. The van der Waals surface area contributed by atoms with Crippen LogP contribution in [0.15, 0.2) is 0 Å². The Kier molecular flexibility index (Phi) is 8.31. The van der Waals surface area contributed by atoms with E-state index >= 15 is 0 Å². The summed E-state index contributed by atoms with van der Waals surface area (Å²) in [5.41, 5.74) is 0. The van der Waals surface area contributed by atoms with Gasteiger partial charge in [0.15, 0.2) is 6.10 Å². The van der Waals surface area contributed by atoms with E-state index in [4.69, 9.17) is 4.74 Å². The highest BCUT2D eigenvalue weighted by atomic mass is 19.3. The first-order valence-corrected chi connectivity index (χ1v) is 10.6. The zero-order valence-electron chi connectivity index (χ0n) is 16.4. The topological polar surface area (TPSA) is 46.5 Å². The Bertz CT molecular complexity index is 441. The van der Waals surface area contributed by atoms with E-state index in [-0.39, 0.29) is 37.2 Å². The Hall–Kier alpha value is -0.710. The molecule has 1 saturated carbocycles. The molecule has 0 aromatic rings. The number of rotatable bonds is 4. The van der Waals surface area contributed by atoms with Crippen molar-refractivity contribution in [2.24, 2.45) is 17.8 Å². The Morgan fingerprint density at radius 2 is 1.85 bits per heavy atom. The molecule has 0 radical (unpaired) electrons. The van der Waals surface area contributed by atoms with Crippen LogP contribution in [0.2, 0.25) is 0 Å². The highest BCUT2D eigenvalue weighted by Crippen LogP contribution is 2.44. The maximum atomic E-state index is 14.7. The van der Waals surface area contributed by atoms with Gasteiger partial charge in [-0.3, -0.25) is 4.79 Å². The summed E-state index contributed by atoms with van der Waals surface area (Å²) in [6, 6.07) is 0. The second-order valence-electron chi connectivity index (χ2n) is 8.48. The van der Waals surface area contributed by atoms with Crippen molar-refractivity contribution in [1.82, 2.24) is 0 Å². The van der Waals surface area contributed by atoms with Gasteiger partial charge in [-0.25, -0.2) is 8.78 Å². The summed E-state index contributed by atoms with van der Waals surface area (Å²) in [5.74, 6) is -2.68. The van der Waals surface area contributed by atoms with Crippen LogP contribution in [0.1, 0.15) is 90.9 Å². The van der Waals surface area contributed by atoms with Crippen LogP contribution in [0.4, 0.5) is 8.78 Å². The minimum Gasteiger partial charge on any atom is -0.456 e. The summed E-state index contributed by atoms with van der Waals surface area (Å²) >= 11 is 0. The van der Waals surface area contributed by atoms with Crippen molar-refractivity contribution in [3.63, 3.8) is 0 Å². The predicted octanol–water partition coefficient (Wildman–Crippen LogP) is 5.49. The Morgan fingerprint density at radius 3 is 2.58 bits per heavy atom. The number of carbonyl (C=O) groups excluding carboxylic acids is 1. The fourth-order valence-electron chi connectivity index (χ4n) is 4.84. The van der Waals surface area contributed by atoms with Crippen molar-refractivity contribution < 1.29 is 23.4 Å². The molecule has 5 heteroatoms. The monoisotopic (exact) mass is 374 g/mol. The standard InChI is InChI=1S/C21H36F2O3/c1-3-4-13-21(22,23)19-12-11-16-15(2)14-18(24)17(16)9-7-5-6-8-10-20(25)26-19/h15-19,24H,3-14H2,1-2H3/t15-,16+,17-,18+,19?/m1/s1. The third-order valence-electron chi connectivity index (χ3n) is 6.43. The highest BCUT2D eigenvalue weighted by Gasteiger charge is 2.44. The highest BCUT2D eigenvalue weighted by molar-refractivity contribution is 5.69. The zero-order chi connectivity index (χ0) is 19.2. The average Bonchev–Trinajstić information content (AvgIpc) is 2.86. The van der Waals surface area contributed by atoms with Gasteiger partial charge in [-0.1, -0.05) is 39.5 Å². The summed E-state index contributed by atoms with van der Waals surface area (Å²) in [6.07, 6.45) is 5.66. The normalized spacial score (nSPS) is 35.0. The SMILES string of the molecule is CCCCC(F)(F)C1CC[C@@H]2[C@@H](CCCCCCC(=O)O1)[C@@H](O)C[C@H]2C. The van der Waals surface area contributed by atoms with Gasteiger partial charge < -0.3 is 9.84 Å². The number of aliphatic hydroxyl groups excluding tert-OH is 1. The number of cyclic esters (lactones) is 1. The van der Waals surface area contributed by atoms with Gasteiger partial charge in [-0.05, 0) is 56.3 Å². The van der Waals surface area contributed by atoms with E-state index in [9.17, 15) is 18.7 Å². The summed E-state index contributed by atoms with van der Waals surface area (Å²) < 4.78 is 34.6. The first-order chi connectivity index (χ1) is 12.3. The molecule has 152 valence electrons. The van der Waals surface area contributed by atoms with Gasteiger partial charge in [0.1, 0.15) is 0 Å². The largest absolute Gasteiger partial charge is 0.456 e. The second kappa shape index (κ2) is 10.0. The lowest BCUT2D eigenvalue weighted by atomic mass is 9.82. The molecule has 0 amide bonds. The molecule has 3 nitrogen and oxygen atoms in total. The first-order valence-electron chi connectivity index (χ1n) is 10.6. The molecule has 1 heterocycles. The van der Waals surface area contributed by atoms with Crippen LogP contribution in [-0.2, 0) is 9.53 Å². The molecule has 1 saturated heterocycles. The van der Waals surface area contributed by atoms with Gasteiger partial charge in [-0.15, -0.1) is 0 Å². The summed E-state index contributed by atoms with van der Waals surface area (Å²) in [7, 11) is 0. The van der Waals surface area contributed by atoms with Crippen LogP contribution in [0.5, 0.6) is 0 Å². The van der Waals surface area contributed by atoms with Crippen molar-refractivity contribution in [2.75, 3.05) is 0 Å². The average molecular weight is 375 g/mol. The van der Waals surface area contributed by atoms with Gasteiger partial charge in [0.05, 0.1) is 6.10 Å². The van der Waals surface area contributed by atoms with E-state index in [0.717, 1.165) is 32.1 Å². The molecule has 2 aliphatic rings. The predicted molar refractivity (Wildman–Crippen MR) is 98.1 cm³/mol. The molecule has 0 bridgehead atoms. The van der Waals surface area contributed by atoms with Crippen LogP contribution in [0.3, 0.4) is 0 Å². The Morgan fingerprint density at radius 1 is 1.12 bits per heavy atom. The number of ether oxygens (including phenoxy) is 1. The molecule has 0 aromatic heterocycles. The van der Waals surface area contributed by atoms with E-state index in [1.54, 1.807) is 0 Å². The fraction of sp³-hybridized carbons (Fsp3) is 0.952.